The number of anilines is 1. The summed E-state index contributed by atoms with van der Waals surface area (Å²) in [5.74, 6) is -3.01. The Hall–Kier alpha value is -2.32. The molecule has 1 aromatic carbocycles. The fraction of sp³-hybridized carbons (Fsp3) is 0.444. The smallest absolute Gasteiger partial charge is 0.352 e. The molecule has 144 valence electrons. The van der Waals surface area contributed by atoms with Gasteiger partial charge in [-0.05, 0) is 19.8 Å². The highest BCUT2D eigenvalue weighted by Crippen LogP contribution is 2.46. The average molecular weight is 396 g/mol. The lowest BCUT2D eigenvalue weighted by atomic mass is 10.1. The van der Waals surface area contributed by atoms with Crippen molar-refractivity contribution < 1.29 is 19.4 Å². The minimum Gasteiger partial charge on any atom is -0.504 e. The van der Waals surface area contributed by atoms with Gasteiger partial charge in [0.25, 0.3) is 0 Å². The molecule has 1 aliphatic carbocycles. The molecule has 9 heteroatoms. The molecule has 0 radical (unpaired) electrons. The van der Waals surface area contributed by atoms with Gasteiger partial charge in [0.05, 0.1) is 21.6 Å². The summed E-state index contributed by atoms with van der Waals surface area (Å²) >= 11 is 6.56. The Balaban J connectivity index is 2.08. The number of fused-ring (bicyclic) bond motifs is 1. The standard InChI is InChI=1S/C18H19ClFN3O4/c1-8-7-22(5-4-21-8)16-13(19)15-12(17(25)14(16)20)11(24)6-10(18(26)27)23(15)9-2-3-9/h6,8-9,21,25H,2-5,7H2,1H3,(H,26,27). The SMILES string of the molecule is CC1CN(c2c(F)c(O)c3c(=O)cc(C(=O)O)n(C4CC4)c3c2Cl)CCN1. The number of aromatic hydroxyl groups is 1. The van der Waals surface area contributed by atoms with Crippen molar-refractivity contribution in [1.29, 1.82) is 0 Å². The van der Waals surface area contributed by atoms with Gasteiger partial charge in [0.15, 0.2) is 17.0 Å². The molecule has 1 unspecified atom stereocenters. The van der Waals surface area contributed by atoms with Crippen LogP contribution in [-0.2, 0) is 0 Å². The Kier molecular flexibility index (Phi) is 4.27. The highest BCUT2D eigenvalue weighted by atomic mass is 35.5. The Morgan fingerprint density at radius 1 is 1.41 bits per heavy atom. The molecule has 7 nitrogen and oxygen atoms in total. The third-order valence-electron chi connectivity index (χ3n) is 5.14. The van der Waals surface area contributed by atoms with Crippen molar-refractivity contribution in [2.45, 2.75) is 31.8 Å². The Labute approximate surface area is 159 Å². The van der Waals surface area contributed by atoms with Crippen LogP contribution in [0.1, 0.15) is 36.3 Å². The van der Waals surface area contributed by atoms with E-state index in [-0.39, 0.29) is 39.4 Å². The number of hydrogen-bond donors (Lipinski definition) is 3. The second kappa shape index (κ2) is 6.38. The lowest BCUT2D eigenvalue weighted by Gasteiger charge is -2.35. The minimum absolute atomic E-state index is 0.00588. The summed E-state index contributed by atoms with van der Waals surface area (Å²) in [4.78, 5) is 25.9. The van der Waals surface area contributed by atoms with Crippen molar-refractivity contribution in [2.75, 3.05) is 24.5 Å². The van der Waals surface area contributed by atoms with Crippen molar-refractivity contribution in [1.82, 2.24) is 9.88 Å². The van der Waals surface area contributed by atoms with E-state index in [1.54, 1.807) is 4.90 Å². The number of phenols is 1. The van der Waals surface area contributed by atoms with Crippen LogP contribution in [0.3, 0.4) is 0 Å². The number of nitrogens with one attached hydrogen (secondary N) is 1. The van der Waals surface area contributed by atoms with Crippen LogP contribution < -0.4 is 15.6 Å². The molecule has 1 aliphatic heterocycles. The topological polar surface area (TPSA) is 94.8 Å². The molecule has 4 rings (SSSR count). The highest BCUT2D eigenvalue weighted by Gasteiger charge is 2.34. The maximum Gasteiger partial charge on any atom is 0.352 e. The van der Waals surface area contributed by atoms with Gasteiger partial charge >= 0.3 is 5.97 Å². The highest BCUT2D eigenvalue weighted by molar-refractivity contribution is 6.38. The lowest BCUT2D eigenvalue weighted by molar-refractivity contribution is 0.0684. The summed E-state index contributed by atoms with van der Waals surface area (Å²) in [5, 5.41) is 22.9. The molecule has 1 atom stereocenters. The first-order valence-electron chi connectivity index (χ1n) is 8.82. The van der Waals surface area contributed by atoms with Gasteiger partial charge in [0, 0.05) is 37.8 Å². The number of carboxylic acid groups (broad SMARTS) is 1. The quantitative estimate of drug-likeness (QED) is 0.738. The zero-order chi connectivity index (χ0) is 19.5. The number of aromatic carboxylic acids is 1. The van der Waals surface area contributed by atoms with E-state index in [2.05, 4.69) is 5.32 Å². The van der Waals surface area contributed by atoms with Gasteiger partial charge in [-0.15, -0.1) is 0 Å². The predicted molar refractivity (Wildman–Crippen MR) is 99.7 cm³/mol. The summed E-state index contributed by atoms with van der Waals surface area (Å²) in [6.07, 6.45) is 1.46. The molecule has 0 spiro atoms. The molecule has 1 saturated carbocycles. The van der Waals surface area contributed by atoms with Gasteiger partial charge in [-0.2, -0.15) is 0 Å². The number of halogens is 2. The number of pyridine rings is 1. The van der Waals surface area contributed by atoms with Crippen LogP contribution in [0.4, 0.5) is 10.1 Å². The second-order valence-corrected chi connectivity index (χ2v) is 7.53. The van der Waals surface area contributed by atoms with E-state index in [4.69, 9.17) is 11.6 Å². The Morgan fingerprint density at radius 2 is 2.11 bits per heavy atom. The normalized spacial score (nSPS) is 20.3. The zero-order valence-electron chi connectivity index (χ0n) is 14.6. The molecule has 3 N–H and O–H groups in total. The van der Waals surface area contributed by atoms with Crippen LogP contribution in [0.2, 0.25) is 5.02 Å². The number of piperazine rings is 1. The average Bonchev–Trinajstić information content (AvgIpc) is 3.44. The van der Waals surface area contributed by atoms with E-state index in [0.717, 1.165) is 18.9 Å². The van der Waals surface area contributed by atoms with E-state index >= 15 is 4.39 Å². The molecule has 0 bridgehead atoms. The van der Waals surface area contributed by atoms with E-state index in [1.165, 1.54) is 4.57 Å². The molecule has 2 aromatic rings. The number of benzene rings is 1. The van der Waals surface area contributed by atoms with Gasteiger partial charge in [-0.1, -0.05) is 11.6 Å². The fourth-order valence-corrected chi connectivity index (χ4v) is 4.18. The predicted octanol–water partition coefficient (Wildman–Crippen LogP) is 2.33. The number of phenolic OH excluding ortho intramolecular Hbond substituents is 1. The van der Waals surface area contributed by atoms with E-state index < -0.39 is 23.0 Å². The molecule has 2 fully saturated rings. The van der Waals surface area contributed by atoms with Crippen molar-refractivity contribution in [2.24, 2.45) is 0 Å². The first-order valence-corrected chi connectivity index (χ1v) is 9.19. The molecule has 0 amide bonds. The van der Waals surface area contributed by atoms with Crippen LogP contribution in [0, 0.1) is 5.82 Å². The Bertz CT molecular complexity index is 1020. The first kappa shape index (κ1) is 18.1. The number of carboxylic acids is 1. The van der Waals surface area contributed by atoms with Crippen LogP contribution in [-0.4, -0.2) is 46.4 Å². The zero-order valence-corrected chi connectivity index (χ0v) is 15.4. The van der Waals surface area contributed by atoms with Crippen molar-refractivity contribution in [3.63, 3.8) is 0 Å². The summed E-state index contributed by atoms with van der Waals surface area (Å²) in [7, 11) is 0. The number of rotatable bonds is 3. The first-order chi connectivity index (χ1) is 12.8. The summed E-state index contributed by atoms with van der Waals surface area (Å²) in [5.41, 5.74) is -0.879. The molecule has 1 aromatic heterocycles. The largest absolute Gasteiger partial charge is 0.504 e. The molecule has 27 heavy (non-hydrogen) atoms. The second-order valence-electron chi connectivity index (χ2n) is 7.15. The van der Waals surface area contributed by atoms with Gasteiger partial charge in [-0.3, -0.25) is 4.79 Å². The summed E-state index contributed by atoms with van der Waals surface area (Å²) in [6.45, 7) is 3.49. The third kappa shape index (κ3) is 2.83. The maximum atomic E-state index is 15.0. The number of hydrogen-bond acceptors (Lipinski definition) is 5. The van der Waals surface area contributed by atoms with Crippen LogP contribution in [0.5, 0.6) is 5.75 Å². The van der Waals surface area contributed by atoms with Gasteiger partial charge in [0.1, 0.15) is 5.69 Å². The van der Waals surface area contributed by atoms with Gasteiger partial charge in [-0.25, -0.2) is 9.18 Å². The molecule has 2 heterocycles. The summed E-state index contributed by atoms with van der Waals surface area (Å²) in [6, 6.07) is 0.866. The third-order valence-corrected chi connectivity index (χ3v) is 5.49. The maximum absolute atomic E-state index is 15.0. The molecule has 1 saturated heterocycles. The summed E-state index contributed by atoms with van der Waals surface area (Å²) < 4.78 is 16.5. The lowest BCUT2D eigenvalue weighted by Crippen LogP contribution is -2.49. The van der Waals surface area contributed by atoms with E-state index in [1.807, 2.05) is 6.92 Å². The Morgan fingerprint density at radius 3 is 2.70 bits per heavy atom. The molecular formula is C18H19ClFN3O4. The van der Waals surface area contributed by atoms with Crippen LogP contribution >= 0.6 is 11.6 Å². The minimum atomic E-state index is -1.27. The number of nitrogens with zero attached hydrogens (tertiary/aromatic N) is 2. The van der Waals surface area contributed by atoms with Crippen molar-refractivity contribution in [3.05, 3.63) is 32.8 Å². The van der Waals surface area contributed by atoms with Crippen molar-refractivity contribution in [3.8, 4) is 5.75 Å². The fourth-order valence-electron chi connectivity index (χ4n) is 3.79. The van der Waals surface area contributed by atoms with Crippen LogP contribution in [0.15, 0.2) is 10.9 Å². The van der Waals surface area contributed by atoms with Crippen LogP contribution in [0.25, 0.3) is 10.9 Å². The molecular weight excluding hydrogens is 377 g/mol. The van der Waals surface area contributed by atoms with E-state index in [9.17, 15) is 19.8 Å². The van der Waals surface area contributed by atoms with E-state index in [0.29, 0.717) is 19.6 Å². The van der Waals surface area contributed by atoms with Crippen molar-refractivity contribution >= 4 is 34.2 Å². The molecule has 2 aliphatic rings. The van der Waals surface area contributed by atoms with Gasteiger partial charge in [0.2, 0.25) is 0 Å². The van der Waals surface area contributed by atoms with Gasteiger partial charge < -0.3 is 25.0 Å². The monoisotopic (exact) mass is 395 g/mol. The number of carbonyl (C=O) groups is 1. The number of aromatic nitrogens is 1.